The Bertz CT molecular complexity index is 915. The third-order valence-electron chi connectivity index (χ3n) is 2.84. The van der Waals surface area contributed by atoms with Gasteiger partial charge in [0, 0.05) is 4.47 Å². The maximum Gasteiger partial charge on any atom is 0.274 e. The average Bonchev–Trinajstić information content (AvgIpc) is 2.42. The van der Waals surface area contributed by atoms with Gasteiger partial charge in [0.1, 0.15) is 16.0 Å². The van der Waals surface area contributed by atoms with E-state index in [2.05, 4.69) is 15.9 Å². The highest BCUT2D eigenvalue weighted by molar-refractivity contribution is 9.10. The van der Waals surface area contributed by atoms with Crippen LogP contribution in [0.1, 0.15) is 0 Å². The number of aromatic nitrogens is 1. The molecule has 0 radical (unpaired) electrons. The molecule has 1 heterocycles. The summed E-state index contributed by atoms with van der Waals surface area (Å²) in [5, 5.41) is 0.771. The van der Waals surface area contributed by atoms with Crippen molar-refractivity contribution in [2.75, 3.05) is 0 Å². The van der Waals surface area contributed by atoms with Crippen LogP contribution in [0, 0.1) is 15.3 Å². The molecule has 0 unspecified atom stereocenters. The molecular weight excluding hydrogens is 361 g/mol. The summed E-state index contributed by atoms with van der Waals surface area (Å²) < 4.78 is 21.7. The Labute approximate surface area is 132 Å². The van der Waals surface area contributed by atoms with Gasteiger partial charge in [0.05, 0.1) is 11.1 Å². The third-order valence-corrected chi connectivity index (χ3v) is 4.00. The molecule has 0 atom stereocenters. The molecule has 0 aliphatic carbocycles. The highest BCUT2D eigenvalue weighted by atomic mass is 79.9. The van der Waals surface area contributed by atoms with Crippen molar-refractivity contribution in [1.29, 1.82) is 0 Å². The lowest BCUT2D eigenvalue weighted by atomic mass is 10.2. The molecule has 0 bridgehead atoms. The quantitative estimate of drug-likeness (QED) is 0.522. The number of rotatable bonds is 1. The molecule has 0 fully saturated rings. The predicted molar refractivity (Wildman–Crippen MR) is 84.9 cm³/mol. The van der Waals surface area contributed by atoms with Crippen molar-refractivity contribution in [2.45, 2.75) is 0 Å². The van der Waals surface area contributed by atoms with Crippen LogP contribution in [-0.4, -0.2) is 4.57 Å². The van der Waals surface area contributed by atoms with Crippen molar-refractivity contribution in [3.05, 3.63) is 62.2 Å². The summed E-state index contributed by atoms with van der Waals surface area (Å²) in [6.45, 7) is 0. The minimum atomic E-state index is -0.313. The van der Waals surface area contributed by atoms with Crippen LogP contribution in [0.25, 0.3) is 16.7 Å². The van der Waals surface area contributed by atoms with Crippen LogP contribution in [0.15, 0.2) is 51.4 Å². The molecule has 1 aromatic heterocycles. The Morgan fingerprint density at radius 3 is 2.45 bits per heavy atom. The van der Waals surface area contributed by atoms with Crippen LogP contribution in [-0.2, 0) is 0 Å². The molecule has 0 saturated carbocycles. The summed E-state index contributed by atoms with van der Waals surface area (Å²) in [6, 6.07) is 11.5. The second-order valence-corrected chi connectivity index (χ2v) is 5.78. The fourth-order valence-corrected chi connectivity index (χ4v) is 2.97. The molecule has 0 spiro atoms. The maximum absolute atomic E-state index is 13.0. The molecule has 0 amide bonds. The van der Waals surface area contributed by atoms with Crippen molar-refractivity contribution < 1.29 is 8.81 Å². The molecule has 100 valence electrons. The fraction of sp³-hybridized carbons (Fsp3) is 0. The zero-order chi connectivity index (χ0) is 14.3. The van der Waals surface area contributed by atoms with Gasteiger partial charge in [0.25, 0.3) is 4.84 Å². The van der Waals surface area contributed by atoms with E-state index in [1.807, 2.05) is 12.1 Å². The van der Waals surface area contributed by atoms with Gasteiger partial charge in [-0.25, -0.2) is 4.39 Å². The Morgan fingerprint density at radius 1 is 1.05 bits per heavy atom. The van der Waals surface area contributed by atoms with Gasteiger partial charge in [0.15, 0.2) is 0 Å². The SMILES string of the molecule is Fc1ccc(-n2c(=S)oc3ccc(Br)cc3c2=S)cc1. The number of halogens is 2. The second-order valence-electron chi connectivity index (χ2n) is 4.13. The summed E-state index contributed by atoms with van der Waals surface area (Å²) in [4.78, 5) is 0.233. The van der Waals surface area contributed by atoms with Gasteiger partial charge < -0.3 is 4.42 Å². The highest BCUT2D eigenvalue weighted by Crippen LogP contribution is 2.23. The number of fused-ring (bicyclic) bond motifs is 1. The van der Waals surface area contributed by atoms with Gasteiger partial charge in [-0.2, -0.15) is 0 Å². The van der Waals surface area contributed by atoms with Crippen LogP contribution in [0.5, 0.6) is 0 Å². The van der Waals surface area contributed by atoms with E-state index < -0.39 is 0 Å². The fourth-order valence-electron chi connectivity index (χ4n) is 1.91. The normalized spacial score (nSPS) is 10.9. The minimum Gasteiger partial charge on any atom is -0.431 e. The Kier molecular flexibility index (Phi) is 3.54. The first-order valence-corrected chi connectivity index (χ1v) is 7.28. The van der Waals surface area contributed by atoms with E-state index >= 15 is 0 Å². The summed E-state index contributed by atoms with van der Waals surface area (Å²) in [5.74, 6) is -0.313. The molecule has 0 aliphatic rings. The van der Waals surface area contributed by atoms with Crippen LogP contribution < -0.4 is 0 Å². The molecule has 3 aromatic rings. The minimum absolute atomic E-state index is 0.233. The number of benzene rings is 2. The predicted octanol–water partition coefficient (Wildman–Crippen LogP) is 5.58. The van der Waals surface area contributed by atoms with Crippen molar-refractivity contribution in [1.82, 2.24) is 4.57 Å². The highest BCUT2D eigenvalue weighted by Gasteiger charge is 2.07. The van der Waals surface area contributed by atoms with E-state index in [-0.39, 0.29) is 10.7 Å². The van der Waals surface area contributed by atoms with Gasteiger partial charge in [-0.1, -0.05) is 28.1 Å². The lowest BCUT2D eigenvalue weighted by molar-refractivity contribution is 0.536. The van der Waals surface area contributed by atoms with Gasteiger partial charge in [-0.3, -0.25) is 4.57 Å². The number of hydrogen-bond donors (Lipinski definition) is 0. The summed E-state index contributed by atoms with van der Waals surface area (Å²) >= 11 is 14.1. The molecule has 6 heteroatoms. The molecule has 2 nitrogen and oxygen atoms in total. The molecule has 2 aromatic carbocycles. The van der Waals surface area contributed by atoms with Gasteiger partial charge >= 0.3 is 0 Å². The Balaban J connectivity index is 2.39. The van der Waals surface area contributed by atoms with Crippen molar-refractivity contribution in [3.8, 4) is 5.69 Å². The van der Waals surface area contributed by atoms with Gasteiger partial charge in [-0.05, 0) is 54.7 Å². The molecule has 0 aliphatic heterocycles. The zero-order valence-electron chi connectivity index (χ0n) is 9.97. The summed E-state index contributed by atoms with van der Waals surface area (Å²) in [5.41, 5.74) is 1.30. The van der Waals surface area contributed by atoms with E-state index in [1.54, 1.807) is 22.8 Å². The van der Waals surface area contributed by atoms with Crippen LogP contribution >= 0.6 is 40.4 Å². The lowest BCUT2D eigenvalue weighted by Gasteiger charge is -2.08. The summed E-state index contributed by atoms with van der Waals surface area (Å²) in [6.07, 6.45) is 0. The molecular formula is C14H7BrFNOS2. The lowest BCUT2D eigenvalue weighted by Crippen LogP contribution is -1.99. The molecule has 0 saturated heterocycles. The van der Waals surface area contributed by atoms with Gasteiger partial charge in [0.2, 0.25) is 0 Å². The molecule has 3 rings (SSSR count). The van der Waals surface area contributed by atoms with Crippen LogP contribution in [0.2, 0.25) is 0 Å². The van der Waals surface area contributed by atoms with E-state index in [1.165, 1.54) is 12.1 Å². The zero-order valence-corrected chi connectivity index (χ0v) is 13.2. The largest absolute Gasteiger partial charge is 0.431 e. The monoisotopic (exact) mass is 367 g/mol. The van der Waals surface area contributed by atoms with Gasteiger partial charge in [-0.15, -0.1) is 0 Å². The van der Waals surface area contributed by atoms with Crippen LogP contribution in [0.3, 0.4) is 0 Å². The first-order chi connectivity index (χ1) is 9.56. The van der Waals surface area contributed by atoms with E-state index in [4.69, 9.17) is 28.9 Å². The molecule has 20 heavy (non-hydrogen) atoms. The number of nitrogens with zero attached hydrogens (tertiary/aromatic N) is 1. The number of hydrogen-bond acceptors (Lipinski definition) is 3. The van der Waals surface area contributed by atoms with E-state index in [0.717, 1.165) is 9.86 Å². The van der Waals surface area contributed by atoms with E-state index in [0.29, 0.717) is 15.9 Å². The Hall–Kier alpha value is -1.37. The Morgan fingerprint density at radius 2 is 1.75 bits per heavy atom. The van der Waals surface area contributed by atoms with E-state index in [9.17, 15) is 4.39 Å². The third kappa shape index (κ3) is 2.34. The maximum atomic E-state index is 13.0. The summed E-state index contributed by atoms with van der Waals surface area (Å²) in [7, 11) is 0. The molecule has 0 N–H and O–H groups in total. The van der Waals surface area contributed by atoms with Crippen molar-refractivity contribution >= 4 is 51.3 Å². The first kappa shape index (κ1) is 13.6. The van der Waals surface area contributed by atoms with Crippen molar-refractivity contribution in [3.63, 3.8) is 0 Å². The first-order valence-electron chi connectivity index (χ1n) is 5.67. The standard InChI is InChI=1S/C14H7BrFNOS2/c15-8-1-6-12-11(7-8)13(19)17(14(20)18-12)10-4-2-9(16)3-5-10/h1-7H. The topological polar surface area (TPSA) is 18.1 Å². The van der Waals surface area contributed by atoms with Crippen molar-refractivity contribution in [2.24, 2.45) is 0 Å². The van der Waals surface area contributed by atoms with Crippen LogP contribution in [0.4, 0.5) is 4.39 Å². The smallest absolute Gasteiger partial charge is 0.274 e. The second kappa shape index (κ2) is 5.20. The average molecular weight is 368 g/mol.